The number of piperidine rings is 2. The van der Waals surface area contributed by atoms with Crippen LogP contribution in [0, 0.1) is 5.92 Å². The first-order chi connectivity index (χ1) is 13.8. The highest BCUT2D eigenvalue weighted by atomic mass is 32.2. The van der Waals surface area contributed by atoms with Crippen LogP contribution < -0.4 is 4.74 Å². The van der Waals surface area contributed by atoms with Gasteiger partial charge in [-0.15, -0.1) is 0 Å². The van der Waals surface area contributed by atoms with Crippen molar-refractivity contribution in [1.29, 1.82) is 0 Å². The molecule has 1 aromatic rings. The standard InChI is InChI=1S/C22H32N2O4S/c1-15-7-6-11-23(14-15)29(26,27)18-9-10-20-19(13-18)17(3)21(28-20)22(25)24-12-5-4-8-16(24)2/h9-10,13,15-17,21H,4-8,11-12,14H2,1-3H3. The van der Waals surface area contributed by atoms with Crippen molar-refractivity contribution in [1.82, 2.24) is 9.21 Å². The van der Waals surface area contributed by atoms with Crippen LogP contribution in [0.1, 0.15) is 64.4 Å². The molecule has 4 rings (SSSR count). The number of rotatable bonds is 3. The Kier molecular flexibility index (Phi) is 5.64. The zero-order chi connectivity index (χ0) is 20.8. The highest BCUT2D eigenvalue weighted by molar-refractivity contribution is 7.89. The molecule has 0 radical (unpaired) electrons. The summed E-state index contributed by atoms with van der Waals surface area (Å²) in [6.07, 6.45) is 4.60. The summed E-state index contributed by atoms with van der Waals surface area (Å²) in [4.78, 5) is 15.4. The Morgan fingerprint density at radius 2 is 1.86 bits per heavy atom. The Balaban J connectivity index is 1.56. The lowest BCUT2D eigenvalue weighted by atomic mass is 9.95. The SMILES string of the molecule is CC1CCCN(S(=O)(=O)c2ccc3c(c2)C(C)C(C(=O)N2CCCCC2C)O3)C1. The van der Waals surface area contributed by atoms with Crippen molar-refractivity contribution in [3.05, 3.63) is 23.8 Å². The quantitative estimate of drug-likeness (QED) is 0.752. The molecule has 4 atom stereocenters. The van der Waals surface area contributed by atoms with Gasteiger partial charge in [-0.3, -0.25) is 4.79 Å². The van der Waals surface area contributed by atoms with E-state index >= 15 is 0 Å². The van der Waals surface area contributed by atoms with Crippen LogP contribution in [0.4, 0.5) is 0 Å². The average molecular weight is 421 g/mol. The summed E-state index contributed by atoms with van der Waals surface area (Å²) in [7, 11) is -3.52. The van der Waals surface area contributed by atoms with E-state index in [1.807, 2.05) is 11.8 Å². The second kappa shape index (κ2) is 7.91. The fraction of sp³-hybridized carbons (Fsp3) is 0.682. The van der Waals surface area contributed by atoms with E-state index in [4.69, 9.17) is 4.74 Å². The number of amides is 1. The average Bonchev–Trinajstić information content (AvgIpc) is 3.04. The summed E-state index contributed by atoms with van der Waals surface area (Å²) in [6, 6.07) is 5.30. The van der Waals surface area contributed by atoms with Crippen LogP contribution in [0.5, 0.6) is 5.75 Å². The summed E-state index contributed by atoms with van der Waals surface area (Å²) in [5.74, 6) is 0.868. The van der Waals surface area contributed by atoms with Gasteiger partial charge in [0.25, 0.3) is 5.91 Å². The fourth-order valence-electron chi connectivity index (χ4n) is 4.92. The predicted molar refractivity (Wildman–Crippen MR) is 111 cm³/mol. The molecule has 3 heterocycles. The molecule has 6 nitrogen and oxygen atoms in total. The van der Waals surface area contributed by atoms with Crippen LogP contribution in [0.2, 0.25) is 0 Å². The highest BCUT2D eigenvalue weighted by Gasteiger charge is 2.41. The van der Waals surface area contributed by atoms with Gasteiger partial charge in [-0.2, -0.15) is 4.31 Å². The summed E-state index contributed by atoms with van der Waals surface area (Å²) >= 11 is 0. The molecule has 160 valence electrons. The van der Waals surface area contributed by atoms with Gasteiger partial charge in [0, 0.05) is 37.2 Å². The Morgan fingerprint density at radius 3 is 2.59 bits per heavy atom. The first-order valence-corrected chi connectivity index (χ1v) is 12.3. The number of fused-ring (bicyclic) bond motifs is 1. The predicted octanol–water partition coefficient (Wildman–Crippen LogP) is 3.37. The van der Waals surface area contributed by atoms with Gasteiger partial charge in [0.05, 0.1) is 4.90 Å². The normalized spacial score (nSPS) is 30.7. The summed E-state index contributed by atoms with van der Waals surface area (Å²) in [5, 5.41) is 0. The number of nitrogens with zero attached hydrogens (tertiary/aromatic N) is 2. The van der Waals surface area contributed by atoms with Crippen molar-refractivity contribution in [2.75, 3.05) is 19.6 Å². The zero-order valence-corrected chi connectivity index (χ0v) is 18.5. The maximum Gasteiger partial charge on any atom is 0.264 e. The molecule has 2 fully saturated rings. The lowest BCUT2D eigenvalue weighted by Crippen LogP contribution is -2.48. The van der Waals surface area contributed by atoms with Gasteiger partial charge in [-0.25, -0.2) is 8.42 Å². The Morgan fingerprint density at radius 1 is 1.07 bits per heavy atom. The van der Waals surface area contributed by atoms with E-state index in [2.05, 4.69) is 13.8 Å². The molecule has 4 unspecified atom stereocenters. The monoisotopic (exact) mass is 420 g/mol. The zero-order valence-electron chi connectivity index (χ0n) is 17.6. The number of hydrogen-bond donors (Lipinski definition) is 0. The molecule has 2 saturated heterocycles. The highest BCUT2D eigenvalue weighted by Crippen LogP contribution is 2.41. The van der Waals surface area contributed by atoms with Crippen LogP contribution in [-0.2, 0) is 14.8 Å². The number of likely N-dealkylation sites (tertiary alicyclic amines) is 1. The van der Waals surface area contributed by atoms with Crippen molar-refractivity contribution < 1.29 is 17.9 Å². The van der Waals surface area contributed by atoms with E-state index in [1.54, 1.807) is 22.5 Å². The number of ether oxygens (including phenoxy) is 1. The van der Waals surface area contributed by atoms with E-state index in [9.17, 15) is 13.2 Å². The molecule has 7 heteroatoms. The molecule has 0 aliphatic carbocycles. The molecule has 0 aromatic heterocycles. The summed E-state index contributed by atoms with van der Waals surface area (Å²) < 4.78 is 33.9. The van der Waals surface area contributed by atoms with Crippen molar-refractivity contribution in [2.45, 2.75) is 75.8 Å². The minimum absolute atomic E-state index is 0.0233. The van der Waals surface area contributed by atoms with Gasteiger partial charge in [0.2, 0.25) is 10.0 Å². The second-order valence-electron chi connectivity index (χ2n) is 9.01. The molecule has 29 heavy (non-hydrogen) atoms. The third-order valence-corrected chi connectivity index (χ3v) is 8.63. The largest absolute Gasteiger partial charge is 0.480 e. The van der Waals surface area contributed by atoms with Crippen LogP contribution in [0.25, 0.3) is 0 Å². The van der Waals surface area contributed by atoms with Crippen LogP contribution in [-0.4, -0.2) is 55.3 Å². The third kappa shape index (κ3) is 3.79. The van der Waals surface area contributed by atoms with E-state index < -0.39 is 16.1 Å². The first-order valence-electron chi connectivity index (χ1n) is 10.9. The van der Waals surface area contributed by atoms with Gasteiger partial charge in [-0.05, 0) is 63.1 Å². The molecular formula is C22H32N2O4S. The lowest BCUT2D eigenvalue weighted by Gasteiger charge is -2.35. The molecule has 3 aliphatic heterocycles. The van der Waals surface area contributed by atoms with Crippen molar-refractivity contribution in [3.8, 4) is 5.75 Å². The smallest absolute Gasteiger partial charge is 0.264 e. The van der Waals surface area contributed by atoms with E-state index in [0.717, 1.165) is 44.2 Å². The molecule has 1 amide bonds. The van der Waals surface area contributed by atoms with E-state index in [-0.39, 0.29) is 17.9 Å². The summed E-state index contributed by atoms with van der Waals surface area (Å²) in [5.41, 5.74) is 0.819. The third-order valence-electron chi connectivity index (χ3n) is 6.77. The number of benzene rings is 1. The minimum Gasteiger partial charge on any atom is -0.480 e. The van der Waals surface area contributed by atoms with Gasteiger partial charge < -0.3 is 9.64 Å². The fourth-order valence-corrected chi connectivity index (χ4v) is 6.55. The second-order valence-corrected chi connectivity index (χ2v) is 11.0. The topological polar surface area (TPSA) is 66.9 Å². The molecule has 0 spiro atoms. The maximum atomic E-state index is 13.2. The minimum atomic E-state index is -3.52. The molecule has 3 aliphatic rings. The molecule has 0 N–H and O–H groups in total. The van der Waals surface area contributed by atoms with Crippen molar-refractivity contribution in [2.24, 2.45) is 5.92 Å². The van der Waals surface area contributed by atoms with Crippen molar-refractivity contribution in [3.63, 3.8) is 0 Å². The molecule has 0 saturated carbocycles. The number of sulfonamides is 1. The Bertz CT molecular complexity index is 885. The van der Waals surface area contributed by atoms with Crippen LogP contribution >= 0.6 is 0 Å². The van der Waals surface area contributed by atoms with E-state index in [1.165, 1.54) is 0 Å². The first kappa shape index (κ1) is 20.7. The van der Waals surface area contributed by atoms with Gasteiger partial charge >= 0.3 is 0 Å². The summed E-state index contributed by atoms with van der Waals surface area (Å²) in [6.45, 7) is 8.06. The maximum absolute atomic E-state index is 13.2. The van der Waals surface area contributed by atoms with E-state index in [0.29, 0.717) is 29.7 Å². The Hall–Kier alpha value is -1.60. The molecule has 0 bridgehead atoms. The lowest BCUT2D eigenvalue weighted by molar-refractivity contribution is -0.142. The molecule has 1 aromatic carbocycles. The van der Waals surface area contributed by atoms with Crippen molar-refractivity contribution >= 4 is 15.9 Å². The number of carbonyl (C=O) groups excluding carboxylic acids is 1. The van der Waals surface area contributed by atoms with Crippen LogP contribution in [0.15, 0.2) is 23.1 Å². The molecular weight excluding hydrogens is 388 g/mol. The Labute approximate surface area is 174 Å². The van der Waals surface area contributed by atoms with Gasteiger partial charge in [0.1, 0.15) is 5.75 Å². The van der Waals surface area contributed by atoms with Gasteiger partial charge in [-0.1, -0.05) is 13.8 Å². The number of carbonyl (C=O) groups is 1. The number of hydrogen-bond acceptors (Lipinski definition) is 4. The van der Waals surface area contributed by atoms with Crippen LogP contribution in [0.3, 0.4) is 0 Å². The van der Waals surface area contributed by atoms with Gasteiger partial charge in [0.15, 0.2) is 6.10 Å².